The highest BCUT2D eigenvalue weighted by Crippen LogP contribution is 2.48. The van der Waals surface area contributed by atoms with E-state index in [4.69, 9.17) is 23.2 Å². The fraction of sp³-hybridized carbons (Fsp3) is 0.414. The average molecular weight is 485 g/mol. The van der Waals surface area contributed by atoms with Gasteiger partial charge in [-0.15, -0.1) is 6.58 Å². The predicted molar refractivity (Wildman–Crippen MR) is 141 cm³/mol. The van der Waals surface area contributed by atoms with Gasteiger partial charge in [-0.05, 0) is 73.9 Å². The normalized spacial score (nSPS) is 19.8. The van der Waals surface area contributed by atoms with Crippen LogP contribution in [0.3, 0.4) is 0 Å². The highest BCUT2D eigenvalue weighted by Gasteiger charge is 2.43. The first-order valence-electron chi connectivity index (χ1n) is 11.9. The summed E-state index contributed by atoms with van der Waals surface area (Å²) >= 11 is 12.7. The lowest BCUT2D eigenvalue weighted by atomic mass is 9.74. The minimum Gasteiger partial charge on any atom is -0.328 e. The Morgan fingerprint density at radius 3 is 2.30 bits per heavy atom. The highest BCUT2D eigenvalue weighted by molar-refractivity contribution is 6.30. The number of hydrogen-bond donors (Lipinski definition) is 0. The van der Waals surface area contributed by atoms with Crippen LogP contribution in [0.4, 0.5) is 0 Å². The second-order valence-corrected chi connectivity index (χ2v) is 10.3. The zero-order valence-electron chi connectivity index (χ0n) is 20.2. The molecule has 0 bridgehead atoms. The third-order valence-corrected chi connectivity index (χ3v) is 7.25. The summed E-state index contributed by atoms with van der Waals surface area (Å²) in [5, 5.41) is 1.40. The first-order valence-corrected chi connectivity index (χ1v) is 12.7. The van der Waals surface area contributed by atoms with E-state index in [0.29, 0.717) is 22.4 Å². The fourth-order valence-corrected chi connectivity index (χ4v) is 5.36. The molecule has 1 heterocycles. The molecular formula is C29H35Cl2NO. The Morgan fingerprint density at radius 1 is 1.03 bits per heavy atom. The molecule has 1 amide bonds. The summed E-state index contributed by atoms with van der Waals surface area (Å²) in [5.41, 5.74) is 4.16. The van der Waals surface area contributed by atoms with Crippen LogP contribution < -0.4 is 0 Å². The van der Waals surface area contributed by atoms with Crippen LogP contribution in [0.1, 0.15) is 76.5 Å². The van der Waals surface area contributed by atoms with E-state index in [1.165, 1.54) is 0 Å². The molecule has 0 spiro atoms. The summed E-state index contributed by atoms with van der Waals surface area (Å²) < 4.78 is 0. The molecule has 0 aliphatic carbocycles. The number of carbonyl (C=O) groups is 1. The van der Waals surface area contributed by atoms with Gasteiger partial charge in [-0.1, -0.05) is 79.9 Å². The molecule has 4 heteroatoms. The van der Waals surface area contributed by atoms with E-state index in [1.807, 2.05) is 36.4 Å². The standard InChI is InChI=1S/C29H35Cl2NO/c1-6-9-26-20(5)27(22-10-8-11-24(31)18-22)28(21-13-15-23(30)16-14-21)32(29(26)33)25(7-2)17-12-19(3)4/h6,8,10-11,13-16,18-19,25,27-28H,1,7,9,12,17H2,2-5H3/t25-,27+,28+/m0/s1. The number of benzene rings is 2. The van der Waals surface area contributed by atoms with E-state index >= 15 is 0 Å². The van der Waals surface area contributed by atoms with Gasteiger partial charge in [0, 0.05) is 27.6 Å². The minimum absolute atomic E-state index is 0.00521. The van der Waals surface area contributed by atoms with Crippen molar-refractivity contribution >= 4 is 29.1 Å². The predicted octanol–water partition coefficient (Wildman–Crippen LogP) is 8.77. The molecule has 3 atom stereocenters. The van der Waals surface area contributed by atoms with E-state index in [9.17, 15) is 4.79 Å². The number of hydrogen-bond acceptors (Lipinski definition) is 1. The van der Waals surface area contributed by atoms with Gasteiger partial charge in [0.05, 0.1) is 6.04 Å². The van der Waals surface area contributed by atoms with Crippen LogP contribution >= 0.6 is 23.2 Å². The summed E-state index contributed by atoms with van der Waals surface area (Å²) in [6, 6.07) is 16.0. The zero-order valence-corrected chi connectivity index (χ0v) is 21.7. The van der Waals surface area contributed by atoms with Gasteiger partial charge >= 0.3 is 0 Å². The van der Waals surface area contributed by atoms with Crippen molar-refractivity contribution in [3.63, 3.8) is 0 Å². The maximum absolute atomic E-state index is 14.0. The minimum atomic E-state index is -0.126. The molecular weight excluding hydrogens is 449 g/mol. The molecule has 0 saturated heterocycles. The lowest BCUT2D eigenvalue weighted by Gasteiger charge is -2.47. The molecule has 0 N–H and O–H groups in total. The number of carbonyl (C=O) groups excluding carboxylic acids is 1. The monoisotopic (exact) mass is 483 g/mol. The van der Waals surface area contributed by atoms with Crippen molar-refractivity contribution in [3.8, 4) is 0 Å². The summed E-state index contributed by atoms with van der Waals surface area (Å²) in [6.45, 7) is 12.7. The van der Waals surface area contributed by atoms with Crippen LogP contribution in [-0.4, -0.2) is 16.8 Å². The van der Waals surface area contributed by atoms with Gasteiger partial charge < -0.3 is 4.90 Å². The van der Waals surface area contributed by atoms with E-state index < -0.39 is 0 Å². The van der Waals surface area contributed by atoms with Gasteiger partial charge in [0.2, 0.25) is 0 Å². The molecule has 2 nitrogen and oxygen atoms in total. The molecule has 2 aromatic rings. The van der Waals surface area contributed by atoms with Gasteiger partial charge in [-0.25, -0.2) is 0 Å². The second-order valence-electron chi connectivity index (χ2n) is 9.43. The van der Waals surface area contributed by atoms with Gasteiger partial charge in [0.25, 0.3) is 5.91 Å². The topological polar surface area (TPSA) is 20.3 Å². The number of nitrogens with zero attached hydrogens (tertiary/aromatic N) is 1. The number of halogens is 2. The Bertz CT molecular complexity index is 1010. The lowest BCUT2D eigenvalue weighted by molar-refractivity contribution is -0.134. The van der Waals surface area contributed by atoms with Crippen molar-refractivity contribution in [3.05, 3.63) is 93.5 Å². The molecule has 0 aromatic heterocycles. The van der Waals surface area contributed by atoms with Crippen LogP contribution in [0.15, 0.2) is 72.3 Å². The van der Waals surface area contributed by atoms with Crippen molar-refractivity contribution < 1.29 is 4.79 Å². The lowest BCUT2D eigenvalue weighted by Crippen LogP contribution is -2.49. The molecule has 33 heavy (non-hydrogen) atoms. The first-order chi connectivity index (χ1) is 15.8. The molecule has 0 saturated carbocycles. The fourth-order valence-electron chi connectivity index (χ4n) is 5.03. The quantitative estimate of drug-likeness (QED) is 0.326. The first kappa shape index (κ1) is 25.6. The summed E-state index contributed by atoms with van der Waals surface area (Å²) in [7, 11) is 0. The van der Waals surface area contributed by atoms with Crippen LogP contribution in [-0.2, 0) is 4.79 Å². The maximum Gasteiger partial charge on any atom is 0.250 e. The Hall–Kier alpha value is -2.03. The van der Waals surface area contributed by atoms with Crippen molar-refractivity contribution in [2.45, 2.75) is 71.4 Å². The van der Waals surface area contributed by atoms with E-state index in [0.717, 1.165) is 41.5 Å². The Morgan fingerprint density at radius 2 is 1.73 bits per heavy atom. The SMILES string of the molecule is C=CCC1=C(C)[C@H](c2cccc(Cl)c2)[C@@H](c2ccc(Cl)cc2)N([C@@H](CC)CCC(C)C)C1=O. The van der Waals surface area contributed by atoms with E-state index in [-0.39, 0.29) is 23.9 Å². The third kappa shape index (κ3) is 5.73. The van der Waals surface area contributed by atoms with Crippen molar-refractivity contribution in [2.24, 2.45) is 5.92 Å². The van der Waals surface area contributed by atoms with E-state index in [2.05, 4.69) is 57.4 Å². The highest BCUT2D eigenvalue weighted by atomic mass is 35.5. The van der Waals surface area contributed by atoms with E-state index in [1.54, 1.807) is 0 Å². The Labute approximate surface area is 209 Å². The smallest absolute Gasteiger partial charge is 0.250 e. The largest absolute Gasteiger partial charge is 0.328 e. The number of rotatable bonds is 9. The van der Waals surface area contributed by atoms with Gasteiger partial charge in [-0.3, -0.25) is 4.79 Å². The molecule has 176 valence electrons. The molecule has 2 aromatic carbocycles. The van der Waals surface area contributed by atoms with Gasteiger partial charge in [0.1, 0.15) is 0 Å². The van der Waals surface area contributed by atoms with Crippen LogP contribution in [0.2, 0.25) is 10.0 Å². The summed E-state index contributed by atoms with van der Waals surface area (Å²) in [5.74, 6) is 0.716. The summed E-state index contributed by atoms with van der Waals surface area (Å²) in [4.78, 5) is 16.2. The van der Waals surface area contributed by atoms with Gasteiger partial charge in [-0.2, -0.15) is 0 Å². The Balaban J connectivity index is 2.25. The van der Waals surface area contributed by atoms with Crippen molar-refractivity contribution in [1.29, 1.82) is 0 Å². The number of amides is 1. The zero-order chi connectivity index (χ0) is 24.1. The van der Waals surface area contributed by atoms with Crippen LogP contribution in [0.5, 0.6) is 0 Å². The molecule has 0 fully saturated rings. The summed E-state index contributed by atoms with van der Waals surface area (Å²) in [6.07, 6.45) is 5.36. The average Bonchev–Trinajstić information content (AvgIpc) is 2.78. The Kier molecular flexibility index (Phi) is 8.84. The molecule has 3 rings (SSSR count). The van der Waals surface area contributed by atoms with Gasteiger partial charge in [0.15, 0.2) is 0 Å². The maximum atomic E-state index is 14.0. The van der Waals surface area contributed by atoms with Crippen LogP contribution in [0, 0.1) is 5.92 Å². The number of allylic oxidation sites excluding steroid dienone is 1. The van der Waals surface area contributed by atoms with Crippen LogP contribution in [0.25, 0.3) is 0 Å². The third-order valence-electron chi connectivity index (χ3n) is 6.76. The van der Waals surface area contributed by atoms with Crippen molar-refractivity contribution in [1.82, 2.24) is 4.90 Å². The molecule has 0 radical (unpaired) electrons. The molecule has 1 aliphatic heterocycles. The van der Waals surface area contributed by atoms with Crippen molar-refractivity contribution in [2.75, 3.05) is 0 Å². The second kappa shape index (κ2) is 11.4. The molecule has 1 aliphatic rings. The molecule has 0 unspecified atom stereocenters.